The van der Waals surface area contributed by atoms with E-state index in [1.54, 1.807) is 0 Å². The Kier molecular flexibility index (Phi) is 7.20. The Morgan fingerprint density at radius 1 is 0.838 bits per heavy atom. The zero-order valence-electron chi connectivity index (χ0n) is 20.5. The first-order chi connectivity index (χ1) is 18.1. The number of benzene rings is 3. The minimum atomic E-state index is -1.00. The number of hydrogen-bond acceptors (Lipinski definition) is 3. The van der Waals surface area contributed by atoms with Gasteiger partial charge in [0.15, 0.2) is 0 Å². The summed E-state index contributed by atoms with van der Waals surface area (Å²) in [4.78, 5) is 25.3. The lowest BCUT2D eigenvalue weighted by molar-refractivity contribution is -0.108. The second kappa shape index (κ2) is 10.9. The van der Waals surface area contributed by atoms with Crippen molar-refractivity contribution in [2.45, 2.75) is 26.4 Å². The van der Waals surface area contributed by atoms with E-state index < -0.39 is 11.0 Å². The first-order valence-electron chi connectivity index (χ1n) is 12.3. The van der Waals surface area contributed by atoms with Crippen LogP contribution in [0.25, 0.3) is 16.6 Å². The van der Waals surface area contributed by atoms with Gasteiger partial charge >= 0.3 is 0 Å². The number of aromatic nitrogens is 1. The van der Waals surface area contributed by atoms with Crippen molar-refractivity contribution in [3.05, 3.63) is 131 Å². The Bertz CT molecular complexity index is 1570. The van der Waals surface area contributed by atoms with Gasteiger partial charge in [0, 0.05) is 18.3 Å². The summed E-state index contributed by atoms with van der Waals surface area (Å²) in [7, 11) is 0. The molecule has 0 amide bonds. The van der Waals surface area contributed by atoms with Gasteiger partial charge in [0.2, 0.25) is 5.78 Å². The Balaban J connectivity index is 1.67. The molecule has 5 rings (SSSR count). The minimum absolute atomic E-state index is 0.318. The number of ketones is 1. The highest BCUT2D eigenvalue weighted by Crippen LogP contribution is 2.35. The largest absolute Gasteiger partial charge is 0.487 e. The second-order valence-electron chi connectivity index (χ2n) is 8.82. The van der Waals surface area contributed by atoms with Crippen LogP contribution in [0.2, 0.25) is 0 Å². The minimum Gasteiger partial charge on any atom is -0.487 e. The van der Waals surface area contributed by atoms with E-state index in [4.69, 9.17) is 16.3 Å². The number of halogens is 1. The van der Waals surface area contributed by atoms with E-state index in [-0.39, 0.29) is 0 Å². The number of rotatable bonds is 9. The van der Waals surface area contributed by atoms with Crippen molar-refractivity contribution in [2.24, 2.45) is 0 Å². The second-order valence-corrected chi connectivity index (χ2v) is 9.17. The Hall–Kier alpha value is -4.15. The van der Waals surface area contributed by atoms with E-state index in [9.17, 15) is 9.59 Å². The van der Waals surface area contributed by atoms with Crippen LogP contribution in [0.3, 0.4) is 0 Å². The molecule has 0 aliphatic carbocycles. The number of hydrogen-bond donors (Lipinski definition) is 0. The summed E-state index contributed by atoms with van der Waals surface area (Å²) in [6.07, 6.45) is 3.05. The summed E-state index contributed by atoms with van der Waals surface area (Å²) in [5, 5.41) is -1.00. The first kappa shape index (κ1) is 24.5. The van der Waals surface area contributed by atoms with Crippen LogP contribution < -0.4 is 4.74 Å². The molecule has 3 aromatic carbocycles. The molecule has 0 aliphatic heterocycles. The van der Waals surface area contributed by atoms with E-state index in [0.29, 0.717) is 36.3 Å². The summed E-state index contributed by atoms with van der Waals surface area (Å²) < 4.78 is 8.18. The predicted octanol–water partition coefficient (Wildman–Crippen LogP) is 7.29. The van der Waals surface area contributed by atoms with Crippen LogP contribution >= 0.6 is 11.6 Å². The molecule has 0 fully saturated rings. The fraction of sp³-hybridized carbons (Fsp3) is 0.125. The molecule has 0 saturated heterocycles. The monoisotopic (exact) mass is 507 g/mol. The first-order valence-corrected chi connectivity index (χ1v) is 12.6. The predicted molar refractivity (Wildman–Crippen MR) is 147 cm³/mol. The molecule has 0 atom stereocenters. The highest BCUT2D eigenvalue weighted by Gasteiger charge is 2.28. The molecule has 0 radical (unpaired) electrons. The maximum atomic E-state index is 13.2. The van der Waals surface area contributed by atoms with Gasteiger partial charge in [0.25, 0.3) is 5.24 Å². The van der Waals surface area contributed by atoms with E-state index in [2.05, 4.69) is 24.3 Å². The SMILES string of the molecule is CCc1c(C(=O)C(=O)Cl)c2c(OCc3ccccc3)cccn2c1Cc1ccccc1-c1ccccc1. The molecular weight excluding hydrogens is 482 g/mol. The van der Waals surface area contributed by atoms with Gasteiger partial charge < -0.3 is 9.14 Å². The average Bonchev–Trinajstić information content (AvgIpc) is 3.26. The van der Waals surface area contributed by atoms with Crippen LogP contribution in [0.4, 0.5) is 0 Å². The zero-order valence-corrected chi connectivity index (χ0v) is 21.2. The fourth-order valence-corrected chi connectivity index (χ4v) is 5.01. The number of ether oxygens (including phenoxy) is 1. The molecule has 184 valence electrons. The van der Waals surface area contributed by atoms with Crippen molar-refractivity contribution >= 4 is 28.1 Å². The Morgan fingerprint density at radius 3 is 2.22 bits per heavy atom. The van der Waals surface area contributed by atoms with Gasteiger partial charge in [0.05, 0.1) is 11.1 Å². The third-order valence-electron chi connectivity index (χ3n) is 6.59. The van der Waals surface area contributed by atoms with Gasteiger partial charge in [-0.15, -0.1) is 0 Å². The molecule has 2 aromatic heterocycles. The topological polar surface area (TPSA) is 47.8 Å². The van der Waals surface area contributed by atoms with Crippen molar-refractivity contribution in [1.82, 2.24) is 4.40 Å². The van der Waals surface area contributed by atoms with Crippen LogP contribution in [0, 0.1) is 0 Å². The van der Waals surface area contributed by atoms with Crippen LogP contribution in [-0.4, -0.2) is 15.4 Å². The summed E-state index contributed by atoms with van der Waals surface area (Å²) in [6.45, 7) is 2.32. The van der Waals surface area contributed by atoms with Gasteiger partial charge in [-0.25, -0.2) is 0 Å². The molecule has 37 heavy (non-hydrogen) atoms. The zero-order chi connectivity index (χ0) is 25.8. The smallest absolute Gasteiger partial charge is 0.293 e. The summed E-state index contributed by atoms with van der Waals surface area (Å²) >= 11 is 5.75. The maximum Gasteiger partial charge on any atom is 0.293 e. The third kappa shape index (κ3) is 4.93. The van der Waals surface area contributed by atoms with Crippen LogP contribution in [0.5, 0.6) is 5.75 Å². The van der Waals surface area contributed by atoms with Crippen molar-refractivity contribution in [3.8, 4) is 16.9 Å². The fourth-order valence-electron chi connectivity index (χ4n) is 4.91. The summed E-state index contributed by atoms with van der Waals surface area (Å²) in [5.74, 6) is -0.181. The van der Waals surface area contributed by atoms with Crippen molar-refractivity contribution in [3.63, 3.8) is 0 Å². The summed E-state index contributed by atoms with van der Waals surface area (Å²) in [6, 6.07) is 32.0. The molecule has 0 spiro atoms. The third-order valence-corrected chi connectivity index (χ3v) is 6.76. The number of nitrogens with zero attached hydrogens (tertiary/aromatic N) is 1. The number of fused-ring (bicyclic) bond motifs is 1. The van der Waals surface area contributed by atoms with Crippen LogP contribution in [-0.2, 0) is 24.2 Å². The number of carbonyl (C=O) groups is 2. The number of carbonyl (C=O) groups excluding carboxylic acids is 2. The normalized spacial score (nSPS) is 11.0. The number of pyridine rings is 1. The molecule has 5 heteroatoms. The van der Waals surface area contributed by atoms with Crippen LogP contribution in [0.1, 0.15) is 39.7 Å². The quantitative estimate of drug-likeness (QED) is 0.119. The Labute approximate surface area is 221 Å². The Morgan fingerprint density at radius 2 is 1.51 bits per heavy atom. The highest BCUT2D eigenvalue weighted by atomic mass is 35.5. The van der Waals surface area contributed by atoms with Crippen molar-refractivity contribution in [2.75, 3.05) is 0 Å². The van der Waals surface area contributed by atoms with Crippen molar-refractivity contribution < 1.29 is 14.3 Å². The number of Topliss-reactive ketones (excluding diaryl/α,β-unsaturated/α-hetero) is 1. The van der Waals surface area contributed by atoms with E-state index >= 15 is 0 Å². The average molecular weight is 508 g/mol. The molecule has 5 aromatic rings. The molecule has 2 heterocycles. The lowest BCUT2D eigenvalue weighted by Crippen LogP contribution is -2.10. The van der Waals surface area contributed by atoms with Crippen molar-refractivity contribution in [1.29, 1.82) is 0 Å². The molecule has 0 saturated carbocycles. The van der Waals surface area contributed by atoms with E-state index in [1.165, 1.54) is 0 Å². The molecule has 0 unspecified atom stereocenters. The lowest BCUT2D eigenvalue weighted by Gasteiger charge is -2.13. The highest BCUT2D eigenvalue weighted by molar-refractivity contribution is 6.83. The van der Waals surface area contributed by atoms with Gasteiger partial charge in [-0.05, 0) is 58.0 Å². The molecule has 0 N–H and O–H groups in total. The summed E-state index contributed by atoms with van der Waals surface area (Å²) in [5.41, 5.74) is 7.00. The molecule has 0 aliphatic rings. The van der Waals surface area contributed by atoms with E-state index in [1.807, 2.05) is 90.3 Å². The molecule has 4 nitrogen and oxygen atoms in total. The van der Waals surface area contributed by atoms with Gasteiger partial charge in [0.1, 0.15) is 12.4 Å². The van der Waals surface area contributed by atoms with Gasteiger partial charge in [-0.3, -0.25) is 9.59 Å². The molecular formula is C32H26ClNO3. The standard InChI is InChI=1S/C32H26ClNO3/c1-2-25-27(20-24-16-9-10-17-26(24)23-14-7-4-8-15-23)34-19-11-18-28(30(34)29(25)31(35)32(33)36)37-21-22-12-5-3-6-13-22/h3-19H,2,20-21H2,1H3. The van der Waals surface area contributed by atoms with Gasteiger partial charge in [-0.1, -0.05) is 91.9 Å². The van der Waals surface area contributed by atoms with Crippen LogP contribution in [0.15, 0.2) is 103 Å². The van der Waals surface area contributed by atoms with E-state index in [0.717, 1.165) is 33.5 Å². The van der Waals surface area contributed by atoms with Gasteiger partial charge in [-0.2, -0.15) is 0 Å². The molecule has 0 bridgehead atoms. The lowest BCUT2D eigenvalue weighted by atomic mass is 9.94. The maximum absolute atomic E-state index is 13.2.